The Bertz CT molecular complexity index is 560. The number of aromatic nitrogens is 2. The average Bonchev–Trinajstić information content (AvgIpc) is 2.45. The van der Waals surface area contributed by atoms with E-state index in [9.17, 15) is 0 Å². The Balaban J connectivity index is 2.25. The van der Waals surface area contributed by atoms with Crippen molar-refractivity contribution in [2.24, 2.45) is 5.84 Å². The van der Waals surface area contributed by atoms with E-state index in [-0.39, 0.29) is 6.04 Å². The van der Waals surface area contributed by atoms with Crippen molar-refractivity contribution in [1.82, 2.24) is 9.97 Å². The molecule has 0 radical (unpaired) electrons. The van der Waals surface area contributed by atoms with Gasteiger partial charge in [0.05, 0.1) is 6.04 Å². The van der Waals surface area contributed by atoms with Crippen LogP contribution in [0.25, 0.3) is 0 Å². The Hall–Kier alpha value is -1.85. The zero-order valence-electron chi connectivity index (χ0n) is 10.8. The van der Waals surface area contributed by atoms with Crippen LogP contribution < -0.4 is 16.2 Å². The largest absolute Gasteiger partial charge is 0.353 e. The smallest absolute Gasteiger partial charge is 0.239 e. The number of rotatable bonds is 4. The second-order valence-electron chi connectivity index (χ2n) is 4.22. The molecule has 5 nitrogen and oxygen atoms in total. The molecule has 19 heavy (non-hydrogen) atoms. The highest BCUT2D eigenvalue weighted by atomic mass is 35.5. The molecular weight excluding hydrogens is 262 g/mol. The van der Waals surface area contributed by atoms with Crippen molar-refractivity contribution in [3.05, 3.63) is 47.1 Å². The number of hydrazine groups is 1. The van der Waals surface area contributed by atoms with Crippen molar-refractivity contribution in [3.8, 4) is 0 Å². The van der Waals surface area contributed by atoms with Gasteiger partial charge in [-0.2, -0.15) is 4.98 Å². The van der Waals surface area contributed by atoms with E-state index in [4.69, 9.17) is 17.4 Å². The number of halogens is 1. The number of nitrogens with zero attached hydrogens (tertiary/aromatic N) is 3. The molecule has 0 bridgehead atoms. The van der Waals surface area contributed by atoms with Gasteiger partial charge in [-0.1, -0.05) is 23.7 Å². The van der Waals surface area contributed by atoms with E-state index >= 15 is 0 Å². The lowest BCUT2D eigenvalue weighted by Crippen LogP contribution is -2.23. The maximum atomic E-state index is 6.02. The molecular formula is C13H16ClN5. The van der Waals surface area contributed by atoms with Crippen LogP contribution in [0.15, 0.2) is 36.5 Å². The van der Waals surface area contributed by atoms with Crippen molar-refractivity contribution in [3.63, 3.8) is 0 Å². The number of hydrogen-bond donors (Lipinski definition) is 2. The molecule has 6 heteroatoms. The first-order chi connectivity index (χ1) is 9.11. The maximum absolute atomic E-state index is 6.02. The van der Waals surface area contributed by atoms with E-state index in [1.54, 1.807) is 6.20 Å². The van der Waals surface area contributed by atoms with E-state index in [2.05, 4.69) is 22.3 Å². The van der Waals surface area contributed by atoms with Crippen molar-refractivity contribution in [2.75, 3.05) is 17.4 Å². The Labute approximate surface area is 117 Å². The average molecular weight is 278 g/mol. The van der Waals surface area contributed by atoms with Crippen molar-refractivity contribution < 1.29 is 0 Å². The molecule has 0 aliphatic carbocycles. The van der Waals surface area contributed by atoms with E-state index < -0.39 is 0 Å². The van der Waals surface area contributed by atoms with E-state index in [1.165, 1.54) is 0 Å². The highest BCUT2D eigenvalue weighted by Gasteiger charge is 2.14. The van der Waals surface area contributed by atoms with Crippen LogP contribution in [-0.4, -0.2) is 17.0 Å². The first-order valence-corrected chi connectivity index (χ1v) is 6.27. The second kappa shape index (κ2) is 5.86. The third-order valence-corrected chi connectivity index (χ3v) is 3.28. The summed E-state index contributed by atoms with van der Waals surface area (Å²) in [6.07, 6.45) is 1.67. The van der Waals surface area contributed by atoms with E-state index in [1.807, 2.05) is 42.3 Å². The minimum absolute atomic E-state index is 0.138. The number of benzene rings is 1. The fourth-order valence-corrected chi connectivity index (χ4v) is 2.00. The summed E-state index contributed by atoms with van der Waals surface area (Å²) in [7, 11) is 1.97. The zero-order chi connectivity index (χ0) is 13.8. The molecule has 1 unspecified atom stereocenters. The summed E-state index contributed by atoms with van der Waals surface area (Å²) in [6.45, 7) is 2.09. The minimum atomic E-state index is 0.138. The third-order valence-electron chi connectivity index (χ3n) is 3.04. The summed E-state index contributed by atoms with van der Waals surface area (Å²) in [5.74, 6) is 6.49. The van der Waals surface area contributed by atoms with Crippen LogP contribution >= 0.6 is 11.6 Å². The van der Waals surface area contributed by atoms with Crippen molar-refractivity contribution in [2.45, 2.75) is 13.0 Å². The lowest BCUT2D eigenvalue weighted by molar-refractivity contribution is 0.727. The number of anilines is 2. The number of nitrogens with one attached hydrogen (secondary N) is 1. The van der Waals surface area contributed by atoms with Gasteiger partial charge < -0.3 is 4.90 Å². The number of nitrogens with two attached hydrogens (primary N) is 1. The summed E-state index contributed by atoms with van der Waals surface area (Å²) in [6, 6.07) is 9.76. The zero-order valence-corrected chi connectivity index (χ0v) is 11.6. The van der Waals surface area contributed by atoms with Crippen LogP contribution in [0.4, 0.5) is 11.8 Å². The van der Waals surface area contributed by atoms with Gasteiger partial charge in [0.15, 0.2) is 0 Å². The van der Waals surface area contributed by atoms with Gasteiger partial charge in [0.2, 0.25) is 5.95 Å². The van der Waals surface area contributed by atoms with Crippen LogP contribution in [0.2, 0.25) is 5.02 Å². The molecule has 3 N–H and O–H groups in total. The first-order valence-electron chi connectivity index (χ1n) is 5.90. The standard InChI is InChI=1S/C13H16ClN5/c1-9(10-4-3-5-11(14)8-10)19(2)12-6-7-16-13(17-12)18-15/h3-9H,15H2,1-2H3,(H,16,17,18). The molecule has 0 spiro atoms. The molecule has 1 aromatic heterocycles. The second-order valence-corrected chi connectivity index (χ2v) is 4.66. The molecule has 0 aliphatic rings. The van der Waals surface area contributed by atoms with Crippen LogP contribution in [0.5, 0.6) is 0 Å². The van der Waals surface area contributed by atoms with Crippen molar-refractivity contribution >= 4 is 23.4 Å². The summed E-state index contributed by atoms with van der Waals surface area (Å²) >= 11 is 6.02. The van der Waals surface area contributed by atoms with Gasteiger partial charge in [-0.05, 0) is 30.7 Å². The molecule has 2 aromatic rings. The van der Waals surface area contributed by atoms with Gasteiger partial charge in [-0.15, -0.1) is 0 Å². The first kappa shape index (κ1) is 13.6. The molecule has 0 aliphatic heterocycles. The number of hydrogen-bond acceptors (Lipinski definition) is 5. The maximum Gasteiger partial charge on any atom is 0.239 e. The summed E-state index contributed by atoms with van der Waals surface area (Å²) in [5.41, 5.74) is 3.56. The summed E-state index contributed by atoms with van der Waals surface area (Å²) in [4.78, 5) is 10.3. The fraction of sp³-hybridized carbons (Fsp3) is 0.231. The normalized spacial score (nSPS) is 12.0. The quantitative estimate of drug-likeness (QED) is 0.664. The van der Waals surface area contributed by atoms with Crippen LogP contribution in [0.1, 0.15) is 18.5 Å². The molecule has 0 amide bonds. The van der Waals surface area contributed by atoms with Gasteiger partial charge in [0.25, 0.3) is 0 Å². The predicted molar refractivity (Wildman–Crippen MR) is 78.1 cm³/mol. The predicted octanol–water partition coefficient (Wildman–Crippen LogP) is 2.61. The minimum Gasteiger partial charge on any atom is -0.353 e. The lowest BCUT2D eigenvalue weighted by atomic mass is 10.1. The van der Waals surface area contributed by atoms with Gasteiger partial charge >= 0.3 is 0 Å². The van der Waals surface area contributed by atoms with Crippen LogP contribution in [0, 0.1) is 0 Å². The SMILES string of the molecule is CC(c1cccc(Cl)c1)N(C)c1ccnc(NN)n1. The summed E-state index contributed by atoms with van der Waals surface area (Å²) in [5, 5.41) is 0.727. The third kappa shape index (κ3) is 3.13. The molecule has 1 atom stereocenters. The van der Waals surface area contributed by atoms with Gasteiger partial charge in [-0.25, -0.2) is 10.8 Å². The molecule has 1 heterocycles. The molecule has 2 rings (SSSR count). The van der Waals surface area contributed by atoms with Gasteiger partial charge in [0, 0.05) is 18.3 Å². The molecule has 100 valence electrons. The van der Waals surface area contributed by atoms with E-state index in [0.29, 0.717) is 5.95 Å². The highest BCUT2D eigenvalue weighted by molar-refractivity contribution is 6.30. The fourth-order valence-electron chi connectivity index (χ4n) is 1.80. The Morgan fingerprint density at radius 2 is 2.16 bits per heavy atom. The Morgan fingerprint density at radius 1 is 1.37 bits per heavy atom. The monoisotopic (exact) mass is 277 g/mol. The Morgan fingerprint density at radius 3 is 2.84 bits per heavy atom. The molecule has 1 aromatic carbocycles. The molecule has 0 saturated carbocycles. The molecule has 0 fully saturated rings. The van der Waals surface area contributed by atoms with Crippen LogP contribution in [-0.2, 0) is 0 Å². The Kier molecular flexibility index (Phi) is 4.19. The van der Waals surface area contributed by atoms with Crippen molar-refractivity contribution in [1.29, 1.82) is 0 Å². The van der Waals surface area contributed by atoms with E-state index in [0.717, 1.165) is 16.4 Å². The topological polar surface area (TPSA) is 67.1 Å². The van der Waals surface area contributed by atoms with Gasteiger partial charge in [0.1, 0.15) is 5.82 Å². The van der Waals surface area contributed by atoms with Gasteiger partial charge in [-0.3, -0.25) is 5.43 Å². The lowest BCUT2D eigenvalue weighted by Gasteiger charge is -2.26. The summed E-state index contributed by atoms with van der Waals surface area (Å²) < 4.78 is 0. The highest BCUT2D eigenvalue weighted by Crippen LogP contribution is 2.25. The van der Waals surface area contributed by atoms with Crippen LogP contribution in [0.3, 0.4) is 0 Å². The molecule has 0 saturated heterocycles. The number of nitrogen functional groups attached to an aromatic ring is 1.